The molecule has 84 valence electrons. The summed E-state index contributed by atoms with van der Waals surface area (Å²) in [5, 5.41) is 0. The van der Waals surface area contributed by atoms with Gasteiger partial charge >= 0.3 is 5.91 Å². The third kappa shape index (κ3) is 5.22. The largest absolute Gasteiger partial charge is 0.313 e. The van der Waals surface area contributed by atoms with Crippen molar-refractivity contribution in [3.63, 3.8) is 0 Å². The van der Waals surface area contributed by atoms with Gasteiger partial charge in [-0.3, -0.25) is 15.6 Å². The average Bonchev–Trinajstić information content (AvgIpc) is 2.24. The van der Waals surface area contributed by atoms with Gasteiger partial charge in [0.25, 0.3) is 0 Å². The Morgan fingerprint density at radius 1 is 1.19 bits per heavy atom. The fourth-order valence-corrected chi connectivity index (χ4v) is 1.41. The van der Waals surface area contributed by atoms with Crippen LogP contribution in [0.15, 0.2) is 30.3 Å². The molecule has 16 heavy (non-hydrogen) atoms. The van der Waals surface area contributed by atoms with Crippen LogP contribution >= 0.6 is 0 Å². The molecule has 0 bridgehead atoms. The Morgan fingerprint density at radius 3 is 2.38 bits per heavy atom. The molecular formula is C12H16N2OSi. The van der Waals surface area contributed by atoms with E-state index < -0.39 is 8.07 Å². The Labute approximate surface area is 97.2 Å². The molecule has 0 aromatic heterocycles. The summed E-state index contributed by atoms with van der Waals surface area (Å²) in [6.45, 7) is 6.29. The normalized spacial score (nSPS) is 9.94. The summed E-state index contributed by atoms with van der Waals surface area (Å²) >= 11 is 0. The number of carbonyl (C=O) groups is 1. The molecule has 3 nitrogen and oxygen atoms in total. The molecule has 1 rings (SSSR count). The maximum absolute atomic E-state index is 11.3. The van der Waals surface area contributed by atoms with E-state index in [-0.39, 0.29) is 5.91 Å². The van der Waals surface area contributed by atoms with Gasteiger partial charge in [-0.25, -0.2) is 0 Å². The Kier molecular flexibility index (Phi) is 4.15. The third-order valence-electron chi connectivity index (χ3n) is 1.65. The van der Waals surface area contributed by atoms with E-state index in [1.54, 1.807) is 0 Å². The molecule has 1 amide bonds. The van der Waals surface area contributed by atoms with E-state index >= 15 is 0 Å². The monoisotopic (exact) mass is 232 g/mol. The Morgan fingerprint density at radius 2 is 1.81 bits per heavy atom. The van der Waals surface area contributed by atoms with Crippen molar-refractivity contribution >= 4 is 19.7 Å². The highest BCUT2D eigenvalue weighted by Crippen LogP contribution is 2.02. The minimum Gasteiger partial charge on any atom is -0.298 e. The highest BCUT2D eigenvalue weighted by molar-refractivity contribution is 6.84. The summed E-state index contributed by atoms with van der Waals surface area (Å²) < 4.78 is 0. The number of hydrogen-bond acceptors (Lipinski definition) is 2. The van der Waals surface area contributed by atoms with Crippen LogP contribution in [0.3, 0.4) is 0 Å². The number of rotatable bonds is 2. The number of hydrogen-bond donors (Lipinski definition) is 2. The zero-order valence-corrected chi connectivity index (χ0v) is 10.8. The van der Waals surface area contributed by atoms with Crippen molar-refractivity contribution in [2.75, 3.05) is 5.43 Å². The van der Waals surface area contributed by atoms with Crippen LogP contribution in [0, 0.1) is 11.5 Å². The van der Waals surface area contributed by atoms with E-state index in [9.17, 15) is 4.79 Å². The second-order valence-corrected chi connectivity index (χ2v) is 9.20. The van der Waals surface area contributed by atoms with E-state index in [2.05, 4.69) is 42.0 Å². The van der Waals surface area contributed by atoms with Gasteiger partial charge in [-0.2, -0.15) is 0 Å². The Balaban J connectivity index is 2.45. The lowest BCUT2D eigenvalue weighted by atomic mass is 10.3. The van der Waals surface area contributed by atoms with E-state index in [4.69, 9.17) is 0 Å². The van der Waals surface area contributed by atoms with Crippen molar-refractivity contribution in [2.24, 2.45) is 0 Å². The number of carbonyl (C=O) groups excluding carboxylic acids is 1. The third-order valence-corrected chi connectivity index (χ3v) is 2.52. The van der Waals surface area contributed by atoms with Gasteiger partial charge < -0.3 is 0 Å². The fraction of sp³-hybridized carbons (Fsp3) is 0.250. The van der Waals surface area contributed by atoms with Crippen molar-refractivity contribution in [1.82, 2.24) is 5.43 Å². The van der Waals surface area contributed by atoms with Gasteiger partial charge in [0.2, 0.25) is 0 Å². The summed E-state index contributed by atoms with van der Waals surface area (Å²) in [6, 6.07) is 9.43. The zero-order valence-electron chi connectivity index (χ0n) is 9.79. The molecule has 4 heteroatoms. The molecule has 0 spiro atoms. The smallest absolute Gasteiger partial charge is 0.298 e. The first-order valence-corrected chi connectivity index (χ1v) is 8.61. The maximum Gasteiger partial charge on any atom is 0.313 e. The predicted molar refractivity (Wildman–Crippen MR) is 69.3 cm³/mol. The molecule has 1 aromatic carbocycles. The van der Waals surface area contributed by atoms with Gasteiger partial charge in [0.1, 0.15) is 8.07 Å². The lowest BCUT2D eigenvalue weighted by molar-refractivity contribution is -0.115. The van der Waals surface area contributed by atoms with Gasteiger partial charge in [0.15, 0.2) is 0 Å². The van der Waals surface area contributed by atoms with Gasteiger partial charge in [-0.15, -0.1) is 5.54 Å². The molecule has 0 fully saturated rings. The number of anilines is 1. The fourth-order valence-electron chi connectivity index (χ4n) is 0.926. The number of hydrazine groups is 1. The van der Waals surface area contributed by atoms with Gasteiger partial charge in [0, 0.05) is 0 Å². The lowest BCUT2D eigenvalue weighted by Crippen LogP contribution is -2.28. The molecule has 0 unspecified atom stereocenters. The minimum absolute atomic E-state index is 0.300. The predicted octanol–water partition coefficient (Wildman–Crippen LogP) is 2.01. The van der Waals surface area contributed by atoms with E-state index in [0.29, 0.717) is 0 Å². The van der Waals surface area contributed by atoms with Crippen LogP contribution in [0.2, 0.25) is 19.6 Å². The highest BCUT2D eigenvalue weighted by Gasteiger charge is 2.08. The van der Waals surface area contributed by atoms with Crippen molar-refractivity contribution in [1.29, 1.82) is 0 Å². The van der Waals surface area contributed by atoms with Crippen LogP contribution in [-0.2, 0) is 4.79 Å². The standard InChI is InChI=1S/C12H16N2OSi/c1-16(2,3)10-9-12(15)14-13-11-7-5-4-6-8-11/h4-8,13H,1-3H3,(H,14,15). The second-order valence-electron chi connectivity index (χ2n) is 4.45. The highest BCUT2D eigenvalue weighted by atomic mass is 28.3. The zero-order chi connectivity index (χ0) is 12.0. The van der Waals surface area contributed by atoms with Crippen LogP contribution in [0.5, 0.6) is 0 Å². The second kappa shape index (κ2) is 5.38. The summed E-state index contributed by atoms with van der Waals surface area (Å²) in [7, 11) is -1.48. The average molecular weight is 232 g/mol. The summed E-state index contributed by atoms with van der Waals surface area (Å²) in [6.07, 6.45) is 0. The van der Waals surface area contributed by atoms with Crippen molar-refractivity contribution in [3.05, 3.63) is 30.3 Å². The number of nitrogens with one attached hydrogen (secondary N) is 2. The van der Waals surface area contributed by atoms with E-state index in [1.165, 1.54) is 0 Å². The molecule has 0 heterocycles. The van der Waals surface area contributed by atoms with Crippen LogP contribution in [0.25, 0.3) is 0 Å². The quantitative estimate of drug-likeness (QED) is 0.465. The number of para-hydroxylation sites is 1. The lowest BCUT2D eigenvalue weighted by Gasteiger charge is -2.06. The van der Waals surface area contributed by atoms with Crippen LogP contribution in [-0.4, -0.2) is 14.0 Å². The topological polar surface area (TPSA) is 41.1 Å². The summed E-state index contributed by atoms with van der Waals surface area (Å²) in [5.74, 6) is 2.29. The Bertz CT molecular complexity index is 412. The Hall–Kier alpha value is -1.73. The molecule has 0 saturated heterocycles. The first-order chi connectivity index (χ1) is 7.47. The number of benzene rings is 1. The maximum atomic E-state index is 11.3. The van der Waals surface area contributed by atoms with Gasteiger partial charge in [-0.05, 0) is 18.1 Å². The molecule has 0 aliphatic heterocycles. The van der Waals surface area contributed by atoms with Crippen LogP contribution < -0.4 is 10.9 Å². The van der Waals surface area contributed by atoms with Crippen molar-refractivity contribution < 1.29 is 4.79 Å². The van der Waals surface area contributed by atoms with Crippen molar-refractivity contribution in [2.45, 2.75) is 19.6 Å². The molecule has 1 aromatic rings. The SMILES string of the molecule is C[Si](C)(C)C#CC(=O)NNc1ccccc1. The van der Waals surface area contributed by atoms with Crippen LogP contribution in [0.4, 0.5) is 5.69 Å². The first-order valence-electron chi connectivity index (χ1n) is 5.11. The summed E-state index contributed by atoms with van der Waals surface area (Å²) in [5.41, 5.74) is 9.16. The molecule has 0 aliphatic rings. The minimum atomic E-state index is -1.48. The van der Waals surface area contributed by atoms with Crippen LogP contribution in [0.1, 0.15) is 0 Å². The van der Waals surface area contributed by atoms with Gasteiger partial charge in [0.05, 0.1) is 5.69 Å². The molecule has 0 atom stereocenters. The molecule has 0 aliphatic carbocycles. The number of amides is 1. The van der Waals surface area contributed by atoms with E-state index in [1.807, 2.05) is 30.3 Å². The molecular weight excluding hydrogens is 216 g/mol. The first kappa shape index (κ1) is 12.3. The van der Waals surface area contributed by atoms with Crippen molar-refractivity contribution in [3.8, 4) is 11.5 Å². The molecule has 2 N–H and O–H groups in total. The summed E-state index contributed by atoms with van der Waals surface area (Å²) in [4.78, 5) is 11.3. The van der Waals surface area contributed by atoms with Gasteiger partial charge in [-0.1, -0.05) is 37.8 Å². The van der Waals surface area contributed by atoms with E-state index in [0.717, 1.165) is 5.69 Å². The molecule has 0 radical (unpaired) electrons. The molecule has 0 saturated carbocycles.